The van der Waals surface area contributed by atoms with E-state index in [2.05, 4.69) is 27.6 Å². The molecule has 0 fully saturated rings. The zero-order chi connectivity index (χ0) is 11.3. The fourth-order valence-electron chi connectivity index (χ4n) is 0.706. The minimum Gasteiger partial charge on any atom is -0.464 e. The number of rotatable bonds is 3. The fraction of sp³-hybridized carbons (Fsp3) is 0.167. The lowest BCUT2D eigenvalue weighted by Gasteiger charge is -2.02. The van der Waals surface area contributed by atoms with Crippen molar-refractivity contribution in [3.63, 3.8) is 0 Å². The van der Waals surface area contributed by atoms with Crippen LogP contribution in [0, 0.1) is 0 Å². The van der Waals surface area contributed by atoms with Crippen molar-refractivity contribution >= 4 is 39.8 Å². The van der Waals surface area contributed by atoms with E-state index in [1.807, 2.05) is 0 Å². The SMILES string of the molecule is NNC(=S)OCc1csc(N=C(N)N)n1. The number of hydrazine groups is 1. The molecule has 1 heterocycles. The van der Waals surface area contributed by atoms with E-state index in [9.17, 15) is 0 Å². The molecular formula is C6H10N6OS2. The standard InChI is InChI=1S/C6H10N6OS2/c7-4(8)11-5-10-3(2-15-5)1-13-6(14)12-9/h2H,1,9H2,(H,12,14)(H4,7,8,10,11). The molecule has 0 saturated heterocycles. The van der Waals surface area contributed by atoms with Gasteiger partial charge in [-0.25, -0.2) is 10.8 Å². The molecule has 7 N–H and O–H groups in total. The monoisotopic (exact) mass is 246 g/mol. The molecule has 1 aromatic rings. The van der Waals surface area contributed by atoms with Crippen LogP contribution in [0.15, 0.2) is 10.4 Å². The largest absolute Gasteiger partial charge is 0.464 e. The van der Waals surface area contributed by atoms with Crippen LogP contribution >= 0.6 is 23.6 Å². The number of thiocarbonyl (C=S) groups is 1. The highest BCUT2D eigenvalue weighted by Gasteiger charge is 2.02. The lowest BCUT2D eigenvalue weighted by Crippen LogP contribution is -2.30. The van der Waals surface area contributed by atoms with Gasteiger partial charge in [-0.15, -0.1) is 11.3 Å². The van der Waals surface area contributed by atoms with Crippen LogP contribution in [0.25, 0.3) is 0 Å². The summed E-state index contributed by atoms with van der Waals surface area (Å²) >= 11 is 5.98. The number of aliphatic imine (C=N–C) groups is 1. The van der Waals surface area contributed by atoms with Gasteiger partial charge in [0.2, 0.25) is 5.13 Å². The normalized spacial score (nSPS) is 9.40. The second-order valence-corrected chi connectivity index (χ2v) is 3.59. The highest BCUT2D eigenvalue weighted by atomic mass is 32.1. The lowest BCUT2D eigenvalue weighted by molar-refractivity contribution is 0.283. The zero-order valence-corrected chi connectivity index (χ0v) is 9.27. The number of hydrogen-bond donors (Lipinski definition) is 4. The Bertz CT molecular complexity index is 371. The van der Waals surface area contributed by atoms with Crippen LogP contribution in [0.2, 0.25) is 0 Å². The molecule has 0 unspecified atom stereocenters. The summed E-state index contributed by atoms with van der Waals surface area (Å²) in [7, 11) is 0. The van der Waals surface area contributed by atoms with E-state index in [0.29, 0.717) is 10.8 Å². The van der Waals surface area contributed by atoms with Gasteiger partial charge < -0.3 is 16.2 Å². The molecule has 0 amide bonds. The summed E-state index contributed by atoms with van der Waals surface area (Å²) in [5, 5.41) is 2.34. The van der Waals surface area contributed by atoms with Crippen molar-refractivity contribution in [2.75, 3.05) is 0 Å². The minimum atomic E-state index is -0.0315. The summed E-state index contributed by atoms with van der Waals surface area (Å²) in [5.41, 5.74) is 13.3. The Morgan fingerprint density at radius 2 is 2.40 bits per heavy atom. The molecule has 15 heavy (non-hydrogen) atoms. The van der Waals surface area contributed by atoms with Gasteiger partial charge in [-0.3, -0.25) is 5.43 Å². The second-order valence-electron chi connectivity index (χ2n) is 2.38. The van der Waals surface area contributed by atoms with Gasteiger partial charge in [-0.05, 0) is 12.2 Å². The summed E-state index contributed by atoms with van der Waals surface area (Å²) in [5.74, 6) is 4.99. The van der Waals surface area contributed by atoms with E-state index in [-0.39, 0.29) is 17.7 Å². The number of nitrogens with one attached hydrogen (secondary N) is 1. The van der Waals surface area contributed by atoms with E-state index in [4.69, 9.17) is 22.0 Å². The average Bonchev–Trinajstić information content (AvgIpc) is 2.61. The first-order valence-electron chi connectivity index (χ1n) is 3.79. The maximum absolute atomic E-state index is 5.19. The summed E-state index contributed by atoms with van der Waals surface area (Å²) in [6.45, 7) is 0.222. The molecule has 0 radical (unpaired) electrons. The molecule has 0 aliphatic carbocycles. The van der Waals surface area contributed by atoms with Crippen molar-refractivity contribution in [2.45, 2.75) is 6.61 Å². The first-order valence-corrected chi connectivity index (χ1v) is 5.08. The summed E-state index contributed by atoms with van der Waals surface area (Å²) in [4.78, 5) is 7.85. The number of aromatic nitrogens is 1. The van der Waals surface area contributed by atoms with Crippen LogP contribution in [0.3, 0.4) is 0 Å². The van der Waals surface area contributed by atoms with Gasteiger partial charge in [-0.2, -0.15) is 4.99 Å². The maximum atomic E-state index is 5.19. The molecule has 82 valence electrons. The van der Waals surface area contributed by atoms with Crippen LogP contribution in [0.1, 0.15) is 5.69 Å². The number of thiazole rings is 1. The van der Waals surface area contributed by atoms with Gasteiger partial charge in [0, 0.05) is 5.38 Å². The van der Waals surface area contributed by atoms with Crippen LogP contribution in [0.4, 0.5) is 5.13 Å². The topological polar surface area (TPSA) is 125 Å². The highest BCUT2D eigenvalue weighted by Crippen LogP contribution is 2.18. The van der Waals surface area contributed by atoms with Crippen molar-refractivity contribution in [2.24, 2.45) is 22.3 Å². The Kier molecular flexibility index (Phi) is 4.21. The Balaban J connectivity index is 2.53. The molecule has 9 heteroatoms. The maximum Gasteiger partial charge on any atom is 0.271 e. The predicted molar refractivity (Wildman–Crippen MR) is 62.3 cm³/mol. The minimum absolute atomic E-state index is 0.0315. The molecule has 0 aliphatic rings. The van der Waals surface area contributed by atoms with Crippen LogP contribution in [-0.4, -0.2) is 16.1 Å². The zero-order valence-electron chi connectivity index (χ0n) is 7.64. The Labute approximate surface area is 95.3 Å². The number of hydrogen-bond acceptors (Lipinski definition) is 6. The van der Waals surface area contributed by atoms with E-state index in [1.54, 1.807) is 5.38 Å². The summed E-state index contributed by atoms with van der Waals surface area (Å²) in [6.07, 6.45) is 0. The number of nitrogens with two attached hydrogens (primary N) is 3. The third-order valence-electron chi connectivity index (χ3n) is 1.23. The first-order chi connectivity index (χ1) is 7.11. The van der Waals surface area contributed by atoms with E-state index in [1.165, 1.54) is 11.3 Å². The Morgan fingerprint density at radius 1 is 1.67 bits per heavy atom. The van der Waals surface area contributed by atoms with Crippen LogP contribution in [-0.2, 0) is 11.3 Å². The molecule has 1 aromatic heterocycles. The lowest BCUT2D eigenvalue weighted by atomic mass is 10.5. The van der Waals surface area contributed by atoms with Crippen molar-refractivity contribution in [3.8, 4) is 0 Å². The number of nitrogens with zero attached hydrogens (tertiary/aromatic N) is 2. The Morgan fingerprint density at radius 3 is 3.00 bits per heavy atom. The molecule has 0 bridgehead atoms. The molecule has 0 atom stereocenters. The van der Waals surface area contributed by atoms with Crippen molar-refractivity contribution in [3.05, 3.63) is 11.1 Å². The molecule has 0 spiro atoms. The number of guanidine groups is 1. The second kappa shape index (κ2) is 5.44. The van der Waals surface area contributed by atoms with Gasteiger partial charge in [0.25, 0.3) is 5.17 Å². The summed E-state index contributed by atoms with van der Waals surface area (Å²) < 4.78 is 5.02. The van der Waals surface area contributed by atoms with Gasteiger partial charge in [0.05, 0.1) is 5.69 Å². The fourth-order valence-corrected chi connectivity index (χ4v) is 1.45. The third-order valence-corrected chi connectivity index (χ3v) is 2.25. The smallest absolute Gasteiger partial charge is 0.271 e. The first kappa shape index (κ1) is 11.6. The van der Waals surface area contributed by atoms with Gasteiger partial charge in [0.15, 0.2) is 5.96 Å². The van der Waals surface area contributed by atoms with Crippen molar-refractivity contribution in [1.82, 2.24) is 10.4 Å². The molecular weight excluding hydrogens is 236 g/mol. The van der Waals surface area contributed by atoms with Crippen LogP contribution < -0.4 is 22.7 Å². The molecule has 1 rings (SSSR count). The summed E-state index contributed by atoms with van der Waals surface area (Å²) in [6, 6.07) is 0. The van der Waals surface area contributed by atoms with Crippen molar-refractivity contribution in [1.29, 1.82) is 0 Å². The molecule has 0 aliphatic heterocycles. The van der Waals surface area contributed by atoms with E-state index in [0.717, 1.165) is 0 Å². The van der Waals surface area contributed by atoms with E-state index < -0.39 is 0 Å². The van der Waals surface area contributed by atoms with E-state index >= 15 is 0 Å². The highest BCUT2D eigenvalue weighted by molar-refractivity contribution is 7.80. The molecule has 0 saturated carbocycles. The predicted octanol–water partition coefficient (Wildman–Crippen LogP) is -0.687. The van der Waals surface area contributed by atoms with Gasteiger partial charge >= 0.3 is 0 Å². The molecule has 7 nitrogen and oxygen atoms in total. The van der Waals surface area contributed by atoms with Crippen molar-refractivity contribution < 1.29 is 4.74 Å². The van der Waals surface area contributed by atoms with Gasteiger partial charge in [0.1, 0.15) is 6.61 Å². The third kappa shape index (κ3) is 4.06. The van der Waals surface area contributed by atoms with Gasteiger partial charge in [-0.1, -0.05) is 0 Å². The quantitative estimate of drug-likeness (QED) is 0.183. The Hall–Kier alpha value is -1.45. The average molecular weight is 246 g/mol. The number of ether oxygens (including phenoxy) is 1. The van der Waals surface area contributed by atoms with Crippen LogP contribution in [0.5, 0.6) is 0 Å². The molecule has 0 aromatic carbocycles.